The van der Waals surface area contributed by atoms with E-state index in [9.17, 15) is 26.4 Å². The minimum Gasteiger partial charge on any atom is -0.334 e. The molecule has 1 fully saturated rings. The molecule has 2 aromatic carbocycles. The number of carbonyl (C=O) groups excluding carboxylic acids is 1. The van der Waals surface area contributed by atoms with Gasteiger partial charge in [-0.2, -0.15) is 21.6 Å². The van der Waals surface area contributed by atoms with E-state index in [-0.39, 0.29) is 29.6 Å². The van der Waals surface area contributed by atoms with Gasteiger partial charge in [0, 0.05) is 18.7 Å². The normalized spacial score (nSPS) is 19.2. The van der Waals surface area contributed by atoms with Crippen LogP contribution in [0.25, 0.3) is 6.08 Å². The number of sulfonamides is 1. The molecule has 1 atom stereocenters. The summed E-state index contributed by atoms with van der Waals surface area (Å²) in [5.41, 5.74) is -3.85. The van der Waals surface area contributed by atoms with Gasteiger partial charge in [-0.1, -0.05) is 55.5 Å². The summed E-state index contributed by atoms with van der Waals surface area (Å²) in [7, 11) is -5.55. The Kier molecular flexibility index (Phi) is 6.21. The summed E-state index contributed by atoms with van der Waals surface area (Å²) in [6.45, 7) is 2.37. The SMILES string of the molecule is CC1CCN(Cc2ccccc2NS(=O)(=O)C(F)(F)F)C(=O)/C1=C/c1ccccc1. The number of amides is 1. The number of para-hydroxylation sites is 1. The van der Waals surface area contributed by atoms with Crippen molar-refractivity contribution in [1.29, 1.82) is 0 Å². The highest BCUT2D eigenvalue weighted by atomic mass is 32.2. The molecule has 1 amide bonds. The van der Waals surface area contributed by atoms with E-state index in [1.807, 2.05) is 43.3 Å². The molecular formula is C21H21F3N2O3S. The quantitative estimate of drug-likeness (QED) is 0.704. The van der Waals surface area contributed by atoms with E-state index < -0.39 is 15.5 Å². The maximum Gasteiger partial charge on any atom is 0.516 e. The van der Waals surface area contributed by atoms with Gasteiger partial charge >= 0.3 is 15.5 Å². The number of piperidine rings is 1. The summed E-state index contributed by atoms with van der Waals surface area (Å²) in [6.07, 6.45) is 2.51. The molecule has 2 aromatic rings. The minimum atomic E-state index is -5.55. The summed E-state index contributed by atoms with van der Waals surface area (Å²) < 4.78 is 62.8. The van der Waals surface area contributed by atoms with Gasteiger partial charge in [-0.3, -0.25) is 9.52 Å². The first-order valence-corrected chi connectivity index (χ1v) is 10.8. The highest BCUT2D eigenvalue weighted by Crippen LogP contribution is 2.30. The molecule has 0 saturated carbocycles. The molecule has 1 N–H and O–H groups in total. The molecule has 160 valence electrons. The second-order valence-electron chi connectivity index (χ2n) is 7.14. The Morgan fingerprint density at radius 3 is 2.40 bits per heavy atom. The molecule has 0 radical (unpaired) electrons. The van der Waals surface area contributed by atoms with Crippen LogP contribution >= 0.6 is 0 Å². The van der Waals surface area contributed by atoms with Crippen LogP contribution in [0, 0.1) is 5.92 Å². The lowest BCUT2D eigenvalue weighted by Crippen LogP contribution is -2.39. The Morgan fingerprint density at radius 2 is 1.73 bits per heavy atom. The molecule has 1 aliphatic rings. The van der Waals surface area contributed by atoms with Crippen molar-refractivity contribution in [1.82, 2.24) is 4.90 Å². The van der Waals surface area contributed by atoms with E-state index in [0.717, 1.165) is 5.56 Å². The number of hydrogen-bond donors (Lipinski definition) is 1. The molecule has 9 heteroatoms. The Balaban J connectivity index is 1.85. The monoisotopic (exact) mass is 438 g/mol. The van der Waals surface area contributed by atoms with Crippen molar-refractivity contribution in [3.63, 3.8) is 0 Å². The van der Waals surface area contributed by atoms with Crippen molar-refractivity contribution in [2.75, 3.05) is 11.3 Å². The molecule has 5 nitrogen and oxygen atoms in total. The first-order valence-electron chi connectivity index (χ1n) is 9.31. The Labute approximate surface area is 173 Å². The maximum absolute atomic E-state index is 13.0. The zero-order chi connectivity index (χ0) is 21.9. The van der Waals surface area contributed by atoms with Crippen LogP contribution in [0.5, 0.6) is 0 Å². The van der Waals surface area contributed by atoms with Crippen molar-refractivity contribution in [3.05, 3.63) is 71.3 Å². The van der Waals surface area contributed by atoms with Gasteiger partial charge in [0.2, 0.25) is 5.91 Å². The maximum atomic E-state index is 13.0. The zero-order valence-electron chi connectivity index (χ0n) is 16.2. The van der Waals surface area contributed by atoms with Crippen LogP contribution in [0.3, 0.4) is 0 Å². The third-order valence-electron chi connectivity index (χ3n) is 4.95. The summed E-state index contributed by atoms with van der Waals surface area (Å²) in [6, 6.07) is 15.1. The largest absolute Gasteiger partial charge is 0.516 e. The fourth-order valence-electron chi connectivity index (χ4n) is 3.25. The van der Waals surface area contributed by atoms with Crippen LogP contribution in [0.4, 0.5) is 18.9 Å². The lowest BCUT2D eigenvalue weighted by Gasteiger charge is -2.33. The second kappa shape index (κ2) is 8.51. The van der Waals surface area contributed by atoms with Crippen LogP contribution in [0.15, 0.2) is 60.2 Å². The molecule has 1 heterocycles. The van der Waals surface area contributed by atoms with Gasteiger partial charge in [0.15, 0.2) is 0 Å². The van der Waals surface area contributed by atoms with E-state index >= 15 is 0 Å². The molecule has 0 spiro atoms. The van der Waals surface area contributed by atoms with Gasteiger partial charge in [-0.25, -0.2) is 0 Å². The number of likely N-dealkylation sites (tertiary alicyclic amines) is 1. The number of hydrogen-bond acceptors (Lipinski definition) is 3. The van der Waals surface area contributed by atoms with E-state index in [2.05, 4.69) is 0 Å². The topological polar surface area (TPSA) is 66.5 Å². The number of nitrogens with one attached hydrogen (secondary N) is 1. The lowest BCUT2D eigenvalue weighted by molar-refractivity contribution is -0.130. The van der Waals surface area contributed by atoms with Crippen molar-refractivity contribution in [2.45, 2.75) is 25.4 Å². The number of anilines is 1. The van der Waals surface area contributed by atoms with E-state index in [1.54, 1.807) is 10.8 Å². The predicted molar refractivity (Wildman–Crippen MR) is 109 cm³/mol. The predicted octanol–water partition coefficient (Wildman–Crippen LogP) is 4.40. The third kappa shape index (κ3) is 4.84. The van der Waals surface area contributed by atoms with Gasteiger partial charge in [-0.05, 0) is 35.6 Å². The summed E-state index contributed by atoms with van der Waals surface area (Å²) in [5.74, 6) is -0.181. The Hall–Kier alpha value is -2.81. The summed E-state index contributed by atoms with van der Waals surface area (Å²) >= 11 is 0. The summed E-state index contributed by atoms with van der Waals surface area (Å²) in [4.78, 5) is 14.6. The van der Waals surface area contributed by atoms with Gasteiger partial charge in [0.1, 0.15) is 0 Å². The Morgan fingerprint density at radius 1 is 1.10 bits per heavy atom. The molecule has 0 aliphatic carbocycles. The highest BCUT2D eigenvalue weighted by Gasteiger charge is 2.46. The van der Waals surface area contributed by atoms with Gasteiger partial charge in [-0.15, -0.1) is 0 Å². The minimum absolute atomic E-state index is 0.00572. The average Bonchev–Trinajstić information content (AvgIpc) is 2.68. The fraction of sp³-hybridized carbons (Fsp3) is 0.286. The molecular weight excluding hydrogens is 417 g/mol. The number of carbonyl (C=O) groups is 1. The van der Waals surface area contributed by atoms with Crippen LogP contribution in [-0.2, 0) is 21.4 Å². The third-order valence-corrected chi connectivity index (χ3v) is 6.04. The number of benzene rings is 2. The second-order valence-corrected chi connectivity index (χ2v) is 8.81. The molecule has 1 aliphatic heterocycles. The molecule has 1 unspecified atom stereocenters. The molecule has 1 saturated heterocycles. The van der Waals surface area contributed by atoms with Crippen LogP contribution in [-0.4, -0.2) is 31.3 Å². The molecule has 0 aromatic heterocycles. The number of nitrogens with zero attached hydrogens (tertiary/aromatic N) is 1. The van der Waals surface area contributed by atoms with Crippen molar-refractivity contribution in [3.8, 4) is 0 Å². The van der Waals surface area contributed by atoms with E-state index in [4.69, 9.17) is 0 Å². The van der Waals surface area contributed by atoms with Crippen LogP contribution in [0.1, 0.15) is 24.5 Å². The average molecular weight is 438 g/mol. The van der Waals surface area contributed by atoms with E-state index in [1.165, 1.54) is 23.1 Å². The first-order chi connectivity index (χ1) is 14.1. The number of alkyl halides is 3. The standard InChI is InChI=1S/C21H21F3N2O3S/c1-15-11-12-26(20(27)18(15)13-16-7-3-2-4-8-16)14-17-9-5-6-10-19(17)25-30(28,29)21(22,23)24/h2-10,13,15,25H,11-12,14H2,1H3/b18-13+. The van der Waals surface area contributed by atoms with Crippen molar-refractivity contribution in [2.24, 2.45) is 5.92 Å². The van der Waals surface area contributed by atoms with Crippen molar-refractivity contribution >= 4 is 27.7 Å². The molecule has 30 heavy (non-hydrogen) atoms. The van der Waals surface area contributed by atoms with Crippen molar-refractivity contribution < 1.29 is 26.4 Å². The van der Waals surface area contributed by atoms with E-state index in [0.29, 0.717) is 18.5 Å². The van der Waals surface area contributed by atoms with Crippen LogP contribution in [0.2, 0.25) is 0 Å². The van der Waals surface area contributed by atoms with Gasteiger partial charge in [0.25, 0.3) is 0 Å². The highest BCUT2D eigenvalue weighted by molar-refractivity contribution is 7.93. The molecule has 0 bridgehead atoms. The molecule has 3 rings (SSSR count). The van der Waals surface area contributed by atoms with Crippen LogP contribution < -0.4 is 4.72 Å². The lowest BCUT2D eigenvalue weighted by atomic mass is 9.90. The zero-order valence-corrected chi connectivity index (χ0v) is 17.0. The Bertz CT molecular complexity index is 1050. The van der Waals surface area contributed by atoms with Gasteiger partial charge in [0.05, 0.1) is 5.69 Å². The number of rotatable bonds is 5. The smallest absolute Gasteiger partial charge is 0.334 e. The fourth-order valence-corrected chi connectivity index (χ4v) is 3.85. The first kappa shape index (κ1) is 21.9. The van der Waals surface area contributed by atoms with Gasteiger partial charge < -0.3 is 4.90 Å². The summed E-state index contributed by atoms with van der Waals surface area (Å²) in [5, 5.41) is 0. The number of halogens is 3.